The Balaban J connectivity index is 1.62. The van der Waals surface area contributed by atoms with Gasteiger partial charge in [0.2, 0.25) is 5.91 Å². The lowest BCUT2D eigenvalue weighted by Gasteiger charge is -2.10. The molecule has 5 nitrogen and oxygen atoms in total. The molecular weight excluding hydrogens is 304 g/mol. The Bertz CT molecular complexity index is 619. The standard InChI is InChI=1S/C14H18N4OS2/c1-9(13(19)15-10-5-6-10)21-14-17-16-12(18(14)2)8-11-4-3-7-20-11/h3-4,7,9-10H,5-6,8H2,1-2H3,(H,15,19)/t9-/m1/s1. The lowest BCUT2D eigenvalue weighted by molar-refractivity contribution is -0.120. The molecule has 0 bridgehead atoms. The Morgan fingerprint density at radius 1 is 1.57 bits per heavy atom. The molecule has 0 spiro atoms. The van der Waals surface area contributed by atoms with Crippen LogP contribution in [0.1, 0.15) is 30.5 Å². The summed E-state index contributed by atoms with van der Waals surface area (Å²) in [5.74, 6) is 1.01. The van der Waals surface area contributed by atoms with E-state index in [0.29, 0.717) is 6.04 Å². The largest absolute Gasteiger partial charge is 0.352 e. The fourth-order valence-corrected chi connectivity index (χ4v) is 3.47. The average Bonchev–Trinajstić information content (AvgIpc) is 3.01. The van der Waals surface area contributed by atoms with E-state index in [9.17, 15) is 4.79 Å². The summed E-state index contributed by atoms with van der Waals surface area (Å²) >= 11 is 3.18. The van der Waals surface area contributed by atoms with Crippen LogP contribution in [0, 0.1) is 0 Å². The van der Waals surface area contributed by atoms with E-state index in [1.807, 2.05) is 24.6 Å². The van der Waals surface area contributed by atoms with Gasteiger partial charge in [-0.05, 0) is 31.2 Å². The molecule has 1 aliphatic carbocycles. The van der Waals surface area contributed by atoms with Crippen LogP contribution in [0.2, 0.25) is 0 Å². The fourth-order valence-electron chi connectivity index (χ4n) is 1.93. The topological polar surface area (TPSA) is 59.8 Å². The molecule has 3 rings (SSSR count). The van der Waals surface area contributed by atoms with E-state index in [4.69, 9.17) is 0 Å². The van der Waals surface area contributed by atoms with E-state index in [2.05, 4.69) is 27.0 Å². The first-order valence-electron chi connectivity index (χ1n) is 7.01. The van der Waals surface area contributed by atoms with Crippen molar-refractivity contribution in [3.05, 3.63) is 28.2 Å². The zero-order valence-electron chi connectivity index (χ0n) is 12.1. The second-order valence-electron chi connectivity index (χ2n) is 5.26. The maximum Gasteiger partial charge on any atom is 0.233 e. The van der Waals surface area contributed by atoms with Crippen LogP contribution < -0.4 is 5.32 Å². The van der Waals surface area contributed by atoms with Crippen molar-refractivity contribution >= 4 is 29.0 Å². The zero-order chi connectivity index (χ0) is 14.8. The third kappa shape index (κ3) is 3.65. The molecule has 21 heavy (non-hydrogen) atoms. The van der Waals surface area contributed by atoms with Gasteiger partial charge in [0.1, 0.15) is 5.82 Å². The van der Waals surface area contributed by atoms with E-state index in [1.165, 1.54) is 16.6 Å². The van der Waals surface area contributed by atoms with Crippen LogP contribution in [-0.4, -0.2) is 32.0 Å². The van der Waals surface area contributed by atoms with Crippen LogP contribution in [-0.2, 0) is 18.3 Å². The number of hydrogen-bond donors (Lipinski definition) is 1. The van der Waals surface area contributed by atoms with E-state index in [1.54, 1.807) is 11.3 Å². The third-order valence-electron chi connectivity index (χ3n) is 3.41. The lowest BCUT2D eigenvalue weighted by atomic mass is 10.3. The van der Waals surface area contributed by atoms with E-state index in [0.717, 1.165) is 30.2 Å². The zero-order valence-corrected chi connectivity index (χ0v) is 13.7. The third-order valence-corrected chi connectivity index (χ3v) is 5.42. The highest BCUT2D eigenvalue weighted by atomic mass is 32.2. The number of carbonyl (C=O) groups excluding carboxylic acids is 1. The van der Waals surface area contributed by atoms with Crippen LogP contribution in [0.25, 0.3) is 0 Å². The molecule has 1 saturated carbocycles. The molecule has 2 aromatic rings. The van der Waals surface area contributed by atoms with Crippen molar-refractivity contribution in [1.29, 1.82) is 0 Å². The molecule has 1 fully saturated rings. The van der Waals surface area contributed by atoms with Crippen molar-refractivity contribution in [2.24, 2.45) is 7.05 Å². The number of hydrogen-bond acceptors (Lipinski definition) is 5. The molecule has 0 saturated heterocycles. The van der Waals surface area contributed by atoms with Crippen LogP contribution in [0.3, 0.4) is 0 Å². The van der Waals surface area contributed by atoms with Gasteiger partial charge in [0.25, 0.3) is 0 Å². The van der Waals surface area contributed by atoms with Gasteiger partial charge in [0, 0.05) is 24.4 Å². The van der Waals surface area contributed by atoms with Gasteiger partial charge >= 0.3 is 0 Å². The van der Waals surface area contributed by atoms with Crippen molar-refractivity contribution in [3.8, 4) is 0 Å². The Kier molecular flexibility index (Phi) is 4.30. The summed E-state index contributed by atoms with van der Waals surface area (Å²) in [6, 6.07) is 4.53. The second kappa shape index (κ2) is 6.19. The van der Waals surface area contributed by atoms with Gasteiger partial charge < -0.3 is 9.88 Å². The quantitative estimate of drug-likeness (QED) is 0.829. The average molecular weight is 322 g/mol. The van der Waals surface area contributed by atoms with Crippen LogP contribution in [0.5, 0.6) is 0 Å². The predicted octanol–water partition coefficient (Wildman–Crippen LogP) is 2.23. The number of carbonyl (C=O) groups is 1. The maximum absolute atomic E-state index is 12.0. The number of thiophene rings is 1. The first-order chi connectivity index (χ1) is 10.1. The normalized spacial score (nSPS) is 15.9. The number of aromatic nitrogens is 3. The fraction of sp³-hybridized carbons (Fsp3) is 0.500. The number of thioether (sulfide) groups is 1. The minimum atomic E-state index is -0.150. The van der Waals surface area contributed by atoms with Crippen molar-refractivity contribution in [2.75, 3.05) is 0 Å². The summed E-state index contributed by atoms with van der Waals surface area (Å²) in [5.41, 5.74) is 0. The molecule has 0 aromatic carbocycles. The van der Waals surface area contributed by atoms with E-state index >= 15 is 0 Å². The molecular formula is C14H18N4OS2. The van der Waals surface area contributed by atoms with Crippen LogP contribution in [0.15, 0.2) is 22.7 Å². The summed E-state index contributed by atoms with van der Waals surface area (Å²) in [7, 11) is 1.96. The van der Waals surface area contributed by atoms with E-state index in [-0.39, 0.29) is 11.2 Å². The van der Waals surface area contributed by atoms with Crippen molar-refractivity contribution in [2.45, 2.75) is 42.6 Å². The molecule has 7 heteroatoms. The minimum Gasteiger partial charge on any atom is -0.352 e. The monoisotopic (exact) mass is 322 g/mol. The van der Waals surface area contributed by atoms with Gasteiger partial charge in [-0.3, -0.25) is 4.79 Å². The van der Waals surface area contributed by atoms with Crippen LogP contribution in [0.4, 0.5) is 0 Å². The Morgan fingerprint density at radius 3 is 3.05 bits per heavy atom. The molecule has 1 atom stereocenters. The molecule has 2 aromatic heterocycles. The molecule has 1 N–H and O–H groups in total. The Labute approximate surface area is 132 Å². The van der Waals surface area contributed by atoms with Gasteiger partial charge in [0.05, 0.1) is 5.25 Å². The van der Waals surface area contributed by atoms with Crippen molar-refractivity contribution in [1.82, 2.24) is 20.1 Å². The summed E-state index contributed by atoms with van der Waals surface area (Å²) in [6.07, 6.45) is 3.00. The summed E-state index contributed by atoms with van der Waals surface area (Å²) in [4.78, 5) is 13.2. The van der Waals surface area contributed by atoms with Gasteiger partial charge in [-0.15, -0.1) is 21.5 Å². The lowest BCUT2D eigenvalue weighted by Crippen LogP contribution is -2.32. The Morgan fingerprint density at radius 2 is 2.38 bits per heavy atom. The smallest absolute Gasteiger partial charge is 0.233 e. The molecule has 1 aliphatic rings. The summed E-state index contributed by atoms with van der Waals surface area (Å²) < 4.78 is 1.98. The highest BCUT2D eigenvalue weighted by Crippen LogP contribution is 2.25. The summed E-state index contributed by atoms with van der Waals surface area (Å²) in [5, 5.41) is 14.2. The number of rotatable bonds is 6. The van der Waals surface area contributed by atoms with E-state index < -0.39 is 0 Å². The SMILES string of the molecule is C[C@@H](Sc1nnc(Cc2cccs2)n1C)C(=O)NC1CC1. The van der Waals surface area contributed by atoms with Gasteiger partial charge in [0.15, 0.2) is 5.16 Å². The first-order valence-corrected chi connectivity index (χ1v) is 8.77. The molecule has 0 radical (unpaired) electrons. The summed E-state index contributed by atoms with van der Waals surface area (Å²) in [6.45, 7) is 1.91. The minimum absolute atomic E-state index is 0.0882. The predicted molar refractivity (Wildman–Crippen MR) is 84.6 cm³/mol. The molecule has 1 amide bonds. The van der Waals surface area contributed by atoms with Gasteiger partial charge in [-0.25, -0.2) is 0 Å². The van der Waals surface area contributed by atoms with Crippen molar-refractivity contribution in [3.63, 3.8) is 0 Å². The number of nitrogens with zero attached hydrogens (tertiary/aromatic N) is 3. The highest BCUT2D eigenvalue weighted by Gasteiger charge is 2.26. The maximum atomic E-state index is 12.0. The van der Waals surface area contributed by atoms with Gasteiger partial charge in [-0.1, -0.05) is 17.8 Å². The van der Waals surface area contributed by atoms with Crippen LogP contribution >= 0.6 is 23.1 Å². The molecule has 2 heterocycles. The molecule has 112 valence electrons. The number of amides is 1. The van der Waals surface area contributed by atoms with Gasteiger partial charge in [-0.2, -0.15) is 0 Å². The first kappa shape index (κ1) is 14.6. The second-order valence-corrected chi connectivity index (χ2v) is 7.60. The van der Waals surface area contributed by atoms with Crippen molar-refractivity contribution < 1.29 is 4.79 Å². The number of nitrogens with one attached hydrogen (secondary N) is 1. The molecule has 0 unspecified atom stereocenters. The molecule has 0 aliphatic heterocycles. The Hall–Kier alpha value is -1.34. The highest BCUT2D eigenvalue weighted by molar-refractivity contribution is 8.00.